The average Bonchev–Trinajstić information content (AvgIpc) is 2.55. The van der Waals surface area contributed by atoms with Gasteiger partial charge in [-0.25, -0.2) is 4.39 Å². The Balaban J connectivity index is 2.03. The Labute approximate surface area is 141 Å². The zero-order chi connectivity index (χ0) is 17.7. The number of carbonyl (C=O) groups is 1. The van der Waals surface area contributed by atoms with Crippen molar-refractivity contribution in [3.63, 3.8) is 0 Å². The van der Waals surface area contributed by atoms with Gasteiger partial charge in [-0.15, -0.1) is 0 Å². The molecule has 0 aliphatic carbocycles. The second-order valence-corrected chi connectivity index (χ2v) is 6.04. The normalized spacial score (nSPS) is 13.2. The van der Waals surface area contributed by atoms with E-state index in [2.05, 4.69) is 0 Å². The van der Waals surface area contributed by atoms with Crippen LogP contribution in [-0.2, 0) is 16.9 Å². The Bertz CT molecular complexity index is 701. The Kier molecular flexibility index (Phi) is 5.57. The van der Waals surface area contributed by atoms with Crippen LogP contribution in [0.3, 0.4) is 0 Å². The number of nitrogens with zero attached hydrogens (tertiary/aromatic N) is 1. The molecule has 24 heavy (non-hydrogen) atoms. The molecule has 0 bridgehead atoms. The Morgan fingerprint density at radius 1 is 1.25 bits per heavy atom. The summed E-state index contributed by atoms with van der Waals surface area (Å²) in [6.45, 7) is 1.87. The van der Waals surface area contributed by atoms with Gasteiger partial charge in [-0.3, -0.25) is 4.79 Å². The van der Waals surface area contributed by atoms with E-state index >= 15 is 0 Å². The fourth-order valence-electron chi connectivity index (χ4n) is 2.50. The maximum absolute atomic E-state index is 13.7. The molecule has 2 rings (SSSR count). The molecule has 1 N–H and O–H groups in total. The van der Waals surface area contributed by atoms with Crippen molar-refractivity contribution in [1.82, 2.24) is 4.90 Å². The first-order valence-corrected chi connectivity index (χ1v) is 7.68. The number of amides is 1. The van der Waals surface area contributed by atoms with Crippen LogP contribution in [-0.4, -0.2) is 30.1 Å². The van der Waals surface area contributed by atoms with E-state index in [-0.39, 0.29) is 24.6 Å². The summed E-state index contributed by atoms with van der Waals surface area (Å²) in [5, 5.41) is 10.6. The van der Waals surface area contributed by atoms with E-state index in [0.29, 0.717) is 11.1 Å². The van der Waals surface area contributed by atoms with Crippen LogP contribution in [0.4, 0.5) is 4.39 Å². The number of methoxy groups -OCH3 is 1. The van der Waals surface area contributed by atoms with Crippen molar-refractivity contribution in [2.45, 2.75) is 25.5 Å². The number of hydrogen-bond acceptors (Lipinski definition) is 3. The molecule has 0 radical (unpaired) electrons. The average molecular weight is 331 g/mol. The molecule has 0 saturated carbocycles. The number of ether oxygens (including phenoxy) is 1. The van der Waals surface area contributed by atoms with Gasteiger partial charge in [0.25, 0.3) is 0 Å². The molecule has 0 spiro atoms. The van der Waals surface area contributed by atoms with Crippen molar-refractivity contribution in [1.29, 1.82) is 0 Å². The van der Waals surface area contributed by atoms with Crippen LogP contribution < -0.4 is 4.74 Å². The fourth-order valence-corrected chi connectivity index (χ4v) is 2.50. The molecule has 2 aromatic rings. The number of carbonyl (C=O) groups excluding carboxylic acids is 1. The monoisotopic (exact) mass is 331 g/mol. The summed E-state index contributed by atoms with van der Waals surface area (Å²) in [4.78, 5) is 13.9. The van der Waals surface area contributed by atoms with Gasteiger partial charge in [0.15, 0.2) is 11.6 Å². The van der Waals surface area contributed by atoms with Crippen molar-refractivity contribution in [2.24, 2.45) is 0 Å². The number of rotatable bonds is 6. The van der Waals surface area contributed by atoms with E-state index in [1.807, 2.05) is 18.2 Å². The highest BCUT2D eigenvalue weighted by atomic mass is 19.1. The van der Waals surface area contributed by atoms with E-state index in [1.165, 1.54) is 24.1 Å². The molecule has 0 saturated heterocycles. The van der Waals surface area contributed by atoms with Crippen molar-refractivity contribution >= 4 is 5.91 Å². The topological polar surface area (TPSA) is 49.8 Å². The number of halogens is 1. The van der Waals surface area contributed by atoms with Crippen LogP contribution in [0.25, 0.3) is 0 Å². The molecule has 0 aromatic heterocycles. The molecule has 128 valence electrons. The predicted molar refractivity (Wildman–Crippen MR) is 90.1 cm³/mol. The van der Waals surface area contributed by atoms with E-state index in [4.69, 9.17) is 4.74 Å². The summed E-state index contributed by atoms with van der Waals surface area (Å²) in [5.74, 6) is -0.521. The van der Waals surface area contributed by atoms with Gasteiger partial charge in [-0.2, -0.15) is 0 Å². The zero-order valence-electron chi connectivity index (χ0n) is 14.1. The van der Waals surface area contributed by atoms with Crippen molar-refractivity contribution in [3.05, 3.63) is 65.5 Å². The maximum atomic E-state index is 13.7. The van der Waals surface area contributed by atoms with E-state index < -0.39 is 11.4 Å². The quantitative estimate of drug-likeness (QED) is 0.885. The standard InChI is InChI=1S/C19H22FNO3/c1-19(23,15-7-5-4-6-8-15)12-18(22)21(2)13-14-9-10-17(24-3)16(20)11-14/h4-11,23H,12-13H2,1-3H3. The third-order valence-corrected chi connectivity index (χ3v) is 3.95. The summed E-state index contributed by atoms with van der Waals surface area (Å²) < 4.78 is 18.6. The summed E-state index contributed by atoms with van der Waals surface area (Å²) in [6.07, 6.45) is -0.0495. The third-order valence-electron chi connectivity index (χ3n) is 3.95. The van der Waals surface area contributed by atoms with Crippen LogP contribution in [0, 0.1) is 5.82 Å². The first-order chi connectivity index (χ1) is 11.3. The highest BCUT2D eigenvalue weighted by Crippen LogP contribution is 2.25. The molecule has 0 heterocycles. The van der Waals surface area contributed by atoms with Crippen LogP contribution in [0.1, 0.15) is 24.5 Å². The van der Waals surface area contributed by atoms with E-state index in [1.54, 1.807) is 32.2 Å². The minimum Gasteiger partial charge on any atom is -0.494 e. The van der Waals surface area contributed by atoms with Crippen molar-refractivity contribution < 1.29 is 19.0 Å². The molecule has 2 aromatic carbocycles. The molecule has 1 unspecified atom stereocenters. The van der Waals surface area contributed by atoms with Gasteiger partial charge in [0.2, 0.25) is 5.91 Å². The molecular formula is C19H22FNO3. The molecule has 5 heteroatoms. The van der Waals surface area contributed by atoms with Crippen molar-refractivity contribution in [2.75, 3.05) is 14.2 Å². The molecular weight excluding hydrogens is 309 g/mol. The predicted octanol–water partition coefficient (Wildman–Crippen LogP) is 3.09. The van der Waals surface area contributed by atoms with Crippen molar-refractivity contribution in [3.8, 4) is 5.75 Å². The van der Waals surface area contributed by atoms with Gasteiger partial charge < -0.3 is 14.7 Å². The smallest absolute Gasteiger partial charge is 0.225 e. The Morgan fingerprint density at radius 3 is 2.50 bits per heavy atom. The van der Waals surface area contributed by atoms with Gasteiger partial charge in [-0.05, 0) is 30.2 Å². The lowest BCUT2D eigenvalue weighted by Gasteiger charge is -2.26. The number of benzene rings is 2. The highest BCUT2D eigenvalue weighted by Gasteiger charge is 2.28. The Morgan fingerprint density at radius 2 is 1.92 bits per heavy atom. The minimum absolute atomic E-state index is 0.0495. The maximum Gasteiger partial charge on any atom is 0.225 e. The molecule has 0 fully saturated rings. The van der Waals surface area contributed by atoms with Gasteiger partial charge in [-0.1, -0.05) is 36.4 Å². The Hall–Kier alpha value is -2.40. The minimum atomic E-state index is -1.25. The van der Waals surface area contributed by atoms with Crippen LogP contribution in [0.5, 0.6) is 5.75 Å². The lowest BCUT2D eigenvalue weighted by molar-refractivity contribution is -0.135. The molecule has 0 aliphatic rings. The van der Waals surface area contributed by atoms with Gasteiger partial charge in [0.05, 0.1) is 19.1 Å². The summed E-state index contributed by atoms with van der Waals surface area (Å²) in [6, 6.07) is 13.6. The SMILES string of the molecule is COc1ccc(CN(C)C(=O)CC(C)(O)c2ccccc2)cc1F. The summed E-state index contributed by atoms with van der Waals surface area (Å²) >= 11 is 0. The second-order valence-electron chi connectivity index (χ2n) is 6.04. The molecule has 1 atom stereocenters. The lowest BCUT2D eigenvalue weighted by atomic mass is 9.92. The molecule has 1 amide bonds. The summed E-state index contributed by atoms with van der Waals surface area (Å²) in [5.41, 5.74) is 0.0864. The van der Waals surface area contributed by atoms with Gasteiger partial charge >= 0.3 is 0 Å². The van der Waals surface area contributed by atoms with Crippen LogP contribution in [0.2, 0.25) is 0 Å². The lowest BCUT2D eigenvalue weighted by Crippen LogP contribution is -2.34. The van der Waals surface area contributed by atoms with Crippen LogP contribution in [0.15, 0.2) is 48.5 Å². The first-order valence-electron chi connectivity index (χ1n) is 7.68. The first kappa shape index (κ1) is 17.9. The van der Waals surface area contributed by atoms with E-state index in [0.717, 1.165) is 0 Å². The number of hydrogen-bond donors (Lipinski definition) is 1. The van der Waals surface area contributed by atoms with Gasteiger partial charge in [0.1, 0.15) is 0 Å². The zero-order valence-corrected chi connectivity index (χ0v) is 14.1. The third kappa shape index (κ3) is 4.32. The molecule has 4 nitrogen and oxygen atoms in total. The second kappa shape index (κ2) is 7.45. The van der Waals surface area contributed by atoms with Gasteiger partial charge in [0, 0.05) is 13.6 Å². The summed E-state index contributed by atoms with van der Waals surface area (Å²) in [7, 11) is 3.03. The molecule has 0 aliphatic heterocycles. The highest BCUT2D eigenvalue weighted by molar-refractivity contribution is 5.77. The number of aliphatic hydroxyl groups is 1. The van der Waals surface area contributed by atoms with E-state index in [9.17, 15) is 14.3 Å². The fraction of sp³-hybridized carbons (Fsp3) is 0.316. The largest absolute Gasteiger partial charge is 0.494 e. The van der Waals surface area contributed by atoms with Crippen LogP contribution >= 0.6 is 0 Å².